The lowest BCUT2D eigenvalue weighted by molar-refractivity contribution is 0.0776. The van der Waals surface area contributed by atoms with Gasteiger partial charge in [-0.1, -0.05) is 11.6 Å². The van der Waals surface area contributed by atoms with Crippen molar-refractivity contribution in [2.45, 2.75) is 26.7 Å². The number of aryl methyl sites for hydroxylation is 1. The van der Waals surface area contributed by atoms with Crippen LogP contribution in [-0.4, -0.2) is 47.2 Å². The highest BCUT2D eigenvalue weighted by Crippen LogP contribution is 2.16. The quantitative estimate of drug-likeness (QED) is 0.607. The van der Waals surface area contributed by atoms with Gasteiger partial charge in [0.15, 0.2) is 0 Å². The Morgan fingerprint density at radius 2 is 2.08 bits per heavy atom. The van der Waals surface area contributed by atoms with E-state index < -0.39 is 0 Å². The highest BCUT2D eigenvalue weighted by molar-refractivity contribution is 9.10. The predicted molar refractivity (Wildman–Crippen MR) is 96.3 cm³/mol. The van der Waals surface area contributed by atoms with Crippen LogP contribution in [-0.2, 0) is 19.8 Å². The fraction of sp³-hybridized carbons (Fsp3) is 0.333. The van der Waals surface area contributed by atoms with Gasteiger partial charge >= 0.3 is 0 Å². The molecule has 25 heavy (non-hydrogen) atoms. The van der Waals surface area contributed by atoms with E-state index in [0.717, 1.165) is 11.0 Å². The number of aromatic nitrogens is 6. The lowest BCUT2D eigenvalue weighted by Crippen LogP contribution is -2.27. The summed E-state index contributed by atoms with van der Waals surface area (Å²) in [6.07, 6.45) is 7.03. The number of carbonyl (C=O) groups excluding carboxylic acids is 1. The summed E-state index contributed by atoms with van der Waals surface area (Å²) in [6, 6.07) is 1.68. The summed E-state index contributed by atoms with van der Waals surface area (Å²) in [4.78, 5) is 14.1. The molecule has 3 rings (SSSR count). The lowest BCUT2D eigenvalue weighted by atomic mass is 10.3. The van der Waals surface area contributed by atoms with Gasteiger partial charge in [0.05, 0.1) is 22.2 Å². The maximum absolute atomic E-state index is 12.5. The first kappa shape index (κ1) is 17.7. The molecular weight excluding hydrogens is 410 g/mol. The van der Waals surface area contributed by atoms with Crippen LogP contribution >= 0.6 is 27.5 Å². The van der Waals surface area contributed by atoms with E-state index in [0.29, 0.717) is 29.6 Å². The lowest BCUT2D eigenvalue weighted by Gasteiger charge is -2.14. The van der Waals surface area contributed by atoms with Crippen LogP contribution in [0.5, 0.6) is 0 Å². The number of rotatable bonds is 6. The number of halogens is 2. The second-order valence-corrected chi connectivity index (χ2v) is 6.84. The second-order valence-electron chi connectivity index (χ2n) is 5.52. The third-order valence-electron chi connectivity index (χ3n) is 3.60. The molecule has 0 fully saturated rings. The monoisotopic (exact) mass is 425 g/mol. The maximum Gasteiger partial charge on any atom is 0.274 e. The Kier molecular flexibility index (Phi) is 5.24. The molecular formula is C15H17BrClN7O. The van der Waals surface area contributed by atoms with Crippen LogP contribution in [0.2, 0.25) is 5.02 Å². The molecule has 0 aliphatic rings. The molecule has 3 aromatic heterocycles. The van der Waals surface area contributed by atoms with Gasteiger partial charge in [0, 0.05) is 32.2 Å². The Morgan fingerprint density at radius 1 is 1.28 bits per heavy atom. The zero-order chi connectivity index (χ0) is 18.0. The van der Waals surface area contributed by atoms with E-state index in [9.17, 15) is 4.79 Å². The smallest absolute Gasteiger partial charge is 0.274 e. The van der Waals surface area contributed by atoms with Crippen molar-refractivity contribution < 1.29 is 4.79 Å². The molecule has 0 aromatic carbocycles. The number of hydrogen-bond acceptors (Lipinski definition) is 4. The number of carbonyl (C=O) groups is 1. The van der Waals surface area contributed by atoms with Crippen LogP contribution in [0.15, 0.2) is 35.3 Å². The topological polar surface area (TPSA) is 73.8 Å². The van der Waals surface area contributed by atoms with Gasteiger partial charge < -0.3 is 4.90 Å². The second kappa shape index (κ2) is 7.40. The molecule has 0 aliphatic carbocycles. The van der Waals surface area contributed by atoms with Gasteiger partial charge in [-0.3, -0.25) is 14.2 Å². The first-order chi connectivity index (χ1) is 12.0. The molecule has 1 amide bonds. The van der Waals surface area contributed by atoms with Crippen molar-refractivity contribution in [1.82, 2.24) is 34.2 Å². The van der Waals surface area contributed by atoms with Crippen molar-refractivity contribution in [2.75, 3.05) is 7.05 Å². The number of amides is 1. The summed E-state index contributed by atoms with van der Waals surface area (Å²) in [5, 5.41) is 13.4. The summed E-state index contributed by atoms with van der Waals surface area (Å²) in [5.41, 5.74) is 1.03. The van der Waals surface area contributed by atoms with Gasteiger partial charge in [-0.25, -0.2) is 4.68 Å². The van der Waals surface area contributed by atoms with E-state index in [1.165, 1.54) is 0 Å². The fourth-order valence-electron chi connectivity index (χ4n) is 2.32. The predicted octanol–water partition coefficient (Wildman–Crippen LogP) is 2.49. The van der Waals surface area contributed by atoms with Crippen molar-refractivity contribution in [3.8, 4) is 0 Å². The van der Waals surface area contributed by atoms with E-state index in [4.69, 9.17) is 11.6 Å². The van der Waals surface area contributed by atoms with Gasteiger partial charge in [0.2, 0.25) is 0 Å². The summed E-state index contributed by atoms with van der Waals surface area (Å²) >= 11 is 9.51. The number of hydrogen-bond donors (Lipinski definition) is 0. The first-order valence-electron chi connectivity index (χ1n) is 7.65. The minimum absolute atomic E-state index is 0.192. The van der Waals surface area contributed by atoms with Crippen molar-refractivity contribution in [3.05, 3.63) is 51.7 Å². The van der Waals surface area contributed by atoms with Gasteiger partial charge in [-0.15, -0.1) is 0 Å². The highest BCUT2D eigenvalue weighted by Gasteiger charge is 2.18. The maximum atomic E-state index is 12.5. The SMILES string of the molecule is CCn1cc(Cl)c(CN(C)C(=O)c2ccn(Cn3cc(Br)cn3)n2)n1. The van der Waals surface area contributed by atoms with E-state index in [2.05, 4.69) is 31.2 Å². The molecule has 3 heterocycles. The van der Waals surface area contributed by atoms with E-state index in [1.807, 2.05) is 13.1 Å². The number of nitrogens with zero attached hydrogens (tertiary/aromatic N) is 7. The highest BCUT2D eigenvalue weighted by atomic mass is 79.9. The third-order valence-corrected chi connectivity index (χ3v) is 4.32. The Bertz CT molecular complexity index is 884. The van der Waals surface area contributed by atoms with Crippen LogP contribution in [0.1, 0.15) is 23.1 Å². The third kappa shape index (κ3) is 4.10. The normalized spacial score (nSPS) is 11.0. The molecule has 0 N–H and O–H groups in total. The molecule has 0 atom stereocenters. The van der Waals surface area contributed by atoms with Crippen LogP contribution in [0.25, 0.3) is 0 Å². The molecule has 3 aromatic rings. The van der Waals surface area contributed by atoms with Crippen LogP contribution < -0.4 is 0 Å². The fourth-order valence-corrected chi connectivity index (χ4v) is 2.85. The van der Waals surface area contributed by atoms with Gasteiger partial charge in [-0.2, -0.15) is 15.3 Å². The largest absolute Gasteiger partial charge is 0.334 e. The Hall–Kier alpha value is -2.13. The van der Waals surface area contributed by atoms with Crippen molar-refractivity contribution >= 4 is 33.4 Å². The molecule has 0 radical (unpaired) electrons. The summed E-state index contributed by atoms with van der Waals surface area (Å²) in [6.45, 7) is 3.46. The van der Waals surface area contributed by atoms with Gasteiger partial charge in [0.25, 0.3) is 5.91 Å². The molecule has 132 valence electrons. The van der Waals surface area contributed by atoms with Crippen molar-refractivity contribution in [3.63, 3.8) is 0 Å². The molecule has 0 saturated carbocycles. The Morgan fingerprint density at radius 3 is 2.72 bits per heavy atom. The van der Waals surface area contributed by atoms with E-state index in [1.54, 1.807) is 50.6 Å². The molecule has 0 saturated heterocycles. The zero-order valence-corrected chi connectivity index (χ0v) is 16.1. The Labute approximate surface area is 158 Å². The minimum atomic E-state index is -0.192. The molecule has 0 bridgehead atoms. The van der Waals surface area contributed by atoms with E-state index >= 15 is 0 Å². The van der Waals surface area contributed by atoms with Crippen LogP contribution in [0, 0.1) is 0 Å². The zero-order valence-electron chi connectivity index (χ0n) is 13.8. The van der Waals surface area contributed by atoms with E-state index in [-0.39, 0.29) is 5.91 Å². The minimum Gasteiger partial charge on any atom is -0.334 e. The first-order valence-corrected chi connectivity index (χ1v) is 8.82. The average molecular weight is 427 g/mol. The molecule has 0 spiro atoms. The van der Waals surface area contributed by atoms with Gasteiger partial charge in [0.1, 0.15) is 18.1 Å². The summed E-state index contributed by atoms with van der Waals surface area (Å²) < 4.78 is 6.00. The Balaban J connectivity index is 1.66. The summed E-state index contributed by atoms with van der Waals surface area (Å²) in [5.74, 6) is -0.192. The molecule has 0 unspecified atom stereocenters. The molecule has 10 heteroatoms. The van der Waals surface area contributed by atoms with Crippen molar-refractivity contribution in [2.24, 2.45) is 0 Å². The van der Waals surface area contributed by atoms with Crippen molar-refractivity contribution in [1.29, 1.82) is 0 Å². The standard InChI is InChI=1S/C15H17BrClN7O/c1-3-22-8-12(17)14(20-22)9-21(2)15(25)13-4-5-23(19-13)10-24-7-11(16)6-18-24/h4-8H,3,9-10H2,1-2H3. The molecule has 0 aliphatic heterocycles. The van der Waals surface area contributed by atoms with Crippen LogP contribution in [0.3, 0.4) is 0 Å². The van der Waals surface area contributed by atoms with Crippen LogP contribution in [0.4, 0.5) is 0 Å². The summed E-state index contributed by atoms with van der Waals surface area (Å²) in [7, 11) is 1.70. The van der Waals surface area contributed by atoms with Gasteiger partial charge in [-0.05, 0) is 28.9 Å². The average Bonchev–Trinajstić information content (AvgIpc) is 3.29. The molecule has 8 nitrogen and oxygen atoms in total.